The molecule has 2 aromatic rings. The van der Waals surface area contributed by atoms with Crippen LogP contribution in [0.25, 0.3) is 0 Å². The maximum atomic E-state index is 13.0. The molecule has 1 aliphatic rings. The van der Waals surface area contributed by atoms with Crippen molar-refractivity contribution in [1.29, 1.82) is 0 Å². The maximum absolute atomic E-state index is 13.0. The van der Waals surface area contributed by atoms with Gasteiger partial charge in [0.05, 0.1) is 26.2 Å². The van der Waals surface area contributed by atoms with Crippen LogP contribution in [0.15, 0.2) is 54.6 Å². The van der Waals surface area contributed by atoms with Gasteiger partial charge in [0.25, 0.3) is 0 Å². The van der Waals surface area contributed by atoms with Gasteiger partial charge in [-0.3, -0.25) is 0 Å². The third-order valence-corrected chi connectivity index (χ3v) is 4.33. The van der Waals surface area contributed by atoms with E-state index < -0.39 is 6.10 Å². The second kappa shape index (κ2) is 6.90. The normalized spacial score (nSPS) is 17.5. The van der Waals surface area contributed by atoms with E-state index >= 15 is 0 Å². The van der Waals surface area contributed by atoms with Crippen molar-refractivity contribution in [2.24, 2.45) is 0 Å². The number of anilines is 1. The van der Waals surface area contributed by atoms with E-state index in [1.807, 2.05) is 42.5 Å². The zero-order valence-corrected chi connectivity index (χ0v) is 12.6. The van der Waals surface area contributed by atoms with Crippen LogP contribution in [-0.4, -0.2) is 37.8 Å². The summed E-state index contributed by atoms with van der Waals surface area (Å²) >= 11 is 0. The minimum absolute atomic E-state index is 0.195. The van der Waals surface area contributed by atoms with Crippen molar-refractivity contribution in [3.63, 3.8) is 0 Å². The second-order valence-corrected chi connectivity index (χ2v) is 5.84. The van der Waals surface area contributed by atoms with Crippen molar-refractivity contribution in [2.45, 2.75) is 6.10 Å². The number of aliphatic hydroxyl groups excluding tert-OH is 1. The summed E-state index contributed by atoms with van der Waals surface area (Å²) in [6.45, 7) is 4.58. The number of benzene rings is 2. The minimum Gasteiger partial charge on any atom is -0.382 e. The highest BCUT2D eigenvalue weighted by Crippen LogP contribution is 2.15. The minimum atomic E-state index is -0.409. The van der Waals surface area contributed by atoms with Crippen molar-refractivity contribution < 1.29 is 14.4 Å². The van der Waals surface area contributed by atoms with E-state index in [4.69, 9.17) is 0 Å². The molecule has 0 bridgehead atoms. The molecule has 2 aromatic carbocycles. The van der Waals surface area contributed by atoms with Crippen molar-refractivity contribution in [3.8, 4) is 0 Å². The molecule has 4 heteroatoms. The van der Waals surface area contributed by atoms with Crippen molar-refractivity contribution in [1.82, 2.24) is 0 Å². The molecule has 1 saturated heterocycles. The van der Waals surface area contributed by atoms with Crippen molar-refractivity contribution in [2.75, 3.05) is 37.6 Å². The first-order chi connectivity index (χ1) is 10.7. The molecule has 1 heterocycles. The van der Waals surface area contributed by atoms with E-state index in [9.17, 15) is 9.50 Å². The molecule has 2 N–H and O–H groups in total. The predicted octanol–water partition coefficient (Wildman–Crippen LogP) is 1.26. The van der Waals surface area contributed by atoms with Crippen LogP contribution in [0.1, 0.15) is 11.7 Å². The molecule has 0 aromatic heterocycles. The lowest BCUT2D eigenvalue weighted by Gasteiger charge is -2.34. The molecule has 0 amide bonds. The van der Waals surface area contributed by atoms with Crippen LogP contribution in [0.2, 0.25) is 0 Å². The number of aliphatic hydroxyl groups is 1. The molecule has 0 saturated carbocycles. The summed E-state index contributed by atoms with van der Waals surface area (Å²) in [7, 11) is 0. The number of hydrogen-bond acceptors (Lipinski definition) is 2. The first-order valence-corrected chi connectivity index (χ1v) is 7.79. The standard InChI is InChI=1S/C18H21FN2O/c19-16-6-8-17(9-7-16)21-12-10-20(11-13-21)14-18(22)15-4-2-1-3-5-15/h1-9,18,22H,10-14H2/p+1/t18-/m1/s1. The smallest absolute Gasteiger partial charge is 0.128 e. The summed E-state index contributed by atoms with van der Waals surface area (Å²) in [4.78, 5) is 3.69. The van der Waals surface area contributed by atoms with Gasteiger partial charge >= 0.3 is 0 Å². The average molecular weight is 301 g/mol. The Labute approximate surface area is 130 Å². The molecule has 0 unspecified atom stereocenters. The molecule has 1 aliphatic heterocycles. The molecule has 0 radical (unpaired) electrons. The van der Waals surface area contributed by atoms with Gasteiger partial charge in [0.2, 0.25) is 0 Å². The summed E-state index contributed by atoms with van der Waals surface area (Å²) < 4.78 is 13.0. The lowest BCUT2D eigenvalue weighted by Crippen LogP contribution is -3.15. The number of halogens is 1. The highest BCUT2D eigenvalue weighted by atomic mass is 19.1. The number of nitrogens with one attached hydrogen (secondary N) is 1. The Bertz CT molecular complexity index is 580. The number of rotatable bonds is 4. The van der Waals surface area contributed by atoms with E-state index in [-0.39, 0.29) is 5.82 Å². The van der Waals surface area contributed by atoms with Gasteiger partial charge in [0, 0.05) is 5.69 Å². The molecule has 3 nitrogen and oxygen atoms in total. The maximum Gasteiger partial charge on any atom is 0.128 e. The van der Waals surface area contributed by atoms with Gasteiger partial charge in [0.1, 0.15) is 18.5 Å². The van der Waals surface area contributed by atoms with Gasteiger partial charge in [-0.2, -0.15) is 0 Å². The summed E-state index contributed by atoms with van der Waals surface area (Å²) in [5.74, 6) is -0.195. The van der Waals surface area contributed by atoms with Crippen LogP contribution in [0, 0.1) is 5.82 Å². The third-order valence-electron chi connectivity index (χ3n) is 4.33. The second-order valence-electron chi connectivity index (χ2n) is 5.84. The van der Waals surface area contributed by atoms with Crippen LogP contribution in [0.5, 0.6) is 0 Å². The monoisotopic (exact) mass is 301 g/mol. The van der Waals surface area contributed by atoms with E-state index in [0.717, 1.165) is 44.0 Å². The Morgan fingerprint density at radius 1 is 1.00 bits per heavy atom. The highest BCUT2D eigenvalue weighted by molar-refractivity contribution is 5.46. The van der Waals surface area contributed by atoms with Gasteiger partial charge in [-0.25, -0.2) is 4.39 Å². The van der Waals surface area contributed by atoms with Crippen LogP contribution in [-0.2, 0) is 0 Å². The predicted molar refractivity (Wildman–Crippen MR) is 85.6 cm³/mol. The topological polar surface area (TPSA) is 27.9 Å². The molecular weight excluding hydrogens is 279 g/mol. The lowest BCUT2D eigenvalue weighted by molar-refractivity contribution is -0.904. The number of quaternary nitrogens is 1. The number of nitrogens with zero attached hydrogens (tertiary/aromatic N) is 1. The SMILES string of the molecule is O[C@H](C[NH+]1CCN(c2ccc(F)cc2)CC1)c1ccccc1. The average Bonchev–Trinajstić information content (AvgIpc) is 2.57. The molecule has 1 atom stereocenters. The first kappa shape index (κ1) is 15.0. The van der Waals surface area contributed by atoms with Crippen LogP contribution < -0.4 is 9.80 Å². The van der Waals surface area contributed by atoms with E-state index in [1.165, 1.54) is 17.0 Å². The van der Waals surface area contributed by atoms with E-state index in [0.29, 0.717) is 0 Å². The quantitative estimate of drug-likeness (QED) is 0.890. The van der Waals surface area contributed by atoms with Gasteiger partial charge in [-0.1, -0.05) is 30.3 Å². The molecule has 1 fully saturated rings. The Balaban J connectivity index is 1.52. The van der Waals surface area contributed by atoms with Gasteiger partial charge < -0.3 is 14.9 Å². The zero-order chi connectivity index (χ0) is 15.4. The third kappa shape index (κ3) is 3.64. The number of hydrogen-bond donors (Lipinski definition) is 2. The van der Waals surface area contributed by atoms with Crippen LogP contribution in [0.3, 0.4) is 0 Å². The van der Waals surface area contributed by atoms with Gasteiger partial charge in [-0.05, 0) is 29.8 Å². The molecule has 116 valence electrons. The lowest BCUT2D eigenvalue weighted by atomic mass is 10.1. The first-order valence-electron chi connectivity index (χ1n) is 7.79. The zero-order valence-electron chi connectivity index (χ0n) is 12.6. The van der Waals surface area contributed by atoms with E-state index in [1.54, 1.807) is 0 Å². The van der Waals surface area contributed by atoms with E-state index in [2.05, 4.69) is 4.90 Å². The molecule has 0 aliphatic carbocycles. The number of piperazine rings is 1. The van der Waals surface area contributed by atoms with Gasteiger partial charge in [0.15, 0.2) is 0 Å². The summed E-state index contributed by atoms with van der Waals surface area (Å²) in [6, 6.07) is 16.5. The molecule has 22 heavy (non-hydrogen) atoms. The Morgan fingerprint density at radius 2 is 1.64 bits per heavy atom. The fourth-order valence-corrected chi connectivity index (χ4v) is 3.00. The van der Waals surface area contributed by atoms with Gasteiger partial charge in [-0.15, -0.1) is 0 Å². The van der Waals surface area contributed by atoms with Crippen molar-refractivity contribution in [3.05, 3.63) is 66.0 Å². The largest absolute Gasteiger partial charge is 0.382 e. The Kier molecular flexibility index (Phi) is 4.71. The molecule has 0 spiro atoms. The molecule has 3 rings (SSSR count). The summed E-state index contributed by atoms with van der Waals surface area (Å²) in [5, 5.41) is 10.3. The van der Waals surface area contributed by atoms with Crippen LogP contribution >= 0.6 is 0 Å². The molecular formula is C18H22FN2O+. The Morgan fingerprint density at radius 3 is 2.27 bits per heavy atom. The fraction of sp³-hybridized carbons (Fsp3) is 0.333. The van der Waals surface area contributed by atoms with Crippen molar-refractivity contribution >= 4 is 5.69 Å². The fourth-order valence-electron chi connectivity index (χ4n) is 3.00. The Hall–Kier alpha value is -1.91. The van der Waals surface area contributed by atoms with Crippen LogP contribution in [0.4, 0.5) is 10.1 Å². The summed E-state index contributed by atoms with van der Waals surface area (Å²) in [5.41, 5.74) is 2.06. The summed E-state index contributed by atoms with van der Waals surface area (Å²) in [6.07, 6.45) is -0.409. The highest BCUT2D eigenvalue weighted by Gasteiger charge is 2.23.